The number of carbonyl (C=O) groups is 1. The van der Waals surface area contributed by atoms with Gasteiger partial charge < -0.3 is 10.2 Å². The molecule has 0 radical (unpaired) electrons. The van der Waals surface area contributed by atoms with E-state index in [4.69, 9.17) is 0 Å². The van der Waals surface area contributed by atoms with Crippen molar-refractivity contribution in [3.63, 3.8) is 0 Å². The molecule has 9 nitrogen and oxygen atoms in total. The zero-order valence-electron chi connectivity index (χ0n) is 20.3. The molecule has 1 aliphatic heterocycles. The van der Waals surface area contributed by atoms with Crippen molar-refractivity contribution in [2.24, 2.45) is 4.99 Å². The Bertz CT molecular complexity index is 1270. The Morgan fingerprint density at radius 2 is 1.57 bits per heavy atom. The third kappa shape index (κ3) is 7.12. The van der Waals surface area contributed by atoms with Crippen LogP contribution in [0.3, 0.4) is 0 Å². The highest BCUT2D eigenvalue weighted by molar-refractivity contribution is 7.90. The quantitative estimate of drug-likeness (QED) is 0.481. The average molecular weight is 521 g/mol. The molecule has 0 aliphatic carbocycles. The summed E-state index contributed by atoms with van der Waals surface area (Å²) in [4.78, 5) is 18.6. The van der Waals surface area contributed by atoms with Crippen LogP contribution < -0.4 is 5.32 Å². The van der Waals surface area contributed by atoms with Crippen molar-refractivity contribution >= 4 is 31.6 Å². The van der Waals surface area contributed by atoms with Gasteiger partial charge in [-0.2, -0.15) is 0 Å². The number of nitrogens with one attached hydrogen (secondary N) is 1. The Balaban J connectivity index is 1.44. The van der Waals surface area contributed by atoms with Crippen LogP contribution in [0, 0.1) is 0 Å². The molecule has 1 aliphatic rings. The van der Waals surface area contributed by atoms with Crippen LogP contribution in [0.15, 0.2) is 63.3 Å². The Morgan fingerprint density at radius 3 is 2.14 bits per heavy atom. The van der Waals surface area contributed by atoms with Gasteiger partial charge >= 0.3 is 0 Å². The minimum Gasteiger partial charge on any atom is -0.368 e. The number of amides is 1. The third-order valence-electron chi connectivity index (χ3n) is 5.89. The van der Waals surface area contributed by atoms with Crippen LogP contribution in [0.1, 0.15) is 24.0 Å². The molecule has 0 fully saturated rings. The SMILES string of the molecule is CN(CCc1ccc(C2=NCCN2)cc1)C(=O)CCCN(C)S(=O)(=O)c1ccc(S(C)(=O)=O)cc1. The molecule has 2 aromatic rings. The van der Waals surface area contributed by atoms with Gasteiger partial charge in [0.1, 0.15) is 5.84 Å². The van der Waals surface area contributed by atoms with Crippen molar-refractivity contribution in [1.29, 1.82) is 0 Å². The van der Waals surface area contributed by atoms with E-state index in [-0.39, 0.29) is 28.7 Å². The van der Waals surface area contributed by atoms with Crippen molar-refractivity contribution in [2.75, 3.05) is 46.5 Å². The van der Waals surface area contributed by atoms with Gasteiger partial charge in [-0.1, -0.05) is 24.3 Å². The first-order chi connectivity index (χ1) is 16.5. The zero-order chi connectivity index (χ0) is 25.6. The summed E-state index contributed by atoms with van der Waals surface area (Å²) < 4.78 is 49.8. The van der Waals surface area contributed by atoms with Gasteiger partial charge in [-0.15, -0.1) is 0 Å². The van der Waals surface area contributed by atoms with Gasteiger partial charge in [-0.3, -0.25) is 9.79 Å². The third-order valence-corrected chi connectivity index (χ3v) is 8.89. The molecule has 0 aromatic heterocycles. The number of amidine groups is 1. The van der Waals surface area contributed by atoms with Crippen molar-refractivity contribution < 1.29 is 21.6 Å². The standard InChI is InChI=1S/C24H32N4O5S2/c1-27(18-14-19-6-8-20(9-7-19)24-25-15-16-26-24)23(29)5-4-17-28(2)35(32,33)22-12-10-21(11-13-22)34(3,30)31/h6-13H,4-5,14-18H2,1-3H3,(H,25,26). The lowest BCUT2D eigenvalue weighted by atomic mass is 10.1. The lowest BCUT2D eigenvalue weighted by Gasteiger charge is -2.20. The Hall–Kier alpha value is -2.76. The van der Waals surface area contributed by atoms with E-state index in [0.29, 0.717) is 13.0 Å². The van der Waals surface area contributed by atoms with Crippen LogP contribution in [-0.4, -0.2) is 84.3 Å². The molecule has 2 aromatic carbocycles. The number of aliphatic imine (C=N–C) groups is 1. The number of nitrogens with zero attached hydrogens (tertiary/aromatic N) is 3. The minimum atomic E-state index is -3.77. The van der Waals surface area contributed by atoms with E-state index < -0.39 is 19.9 Å². The number of sulfone groups is 1. The second-order valence-corrected chi connectivity index (χ2v) is 12.7. The van der Waals surface area contributed by atoms with Gasteiger partial charge in [-0.05, 0) is 42.7 Å². The number of benzene rings is 2. The van der Waals surface area contributed by atoms with Gasteiger partial charge in [0.25, 0.3) is 0 Å². The molecule has 1 N–H and O–H groups in total. The Kier molecular flexibility index (Phi) is 8.68. The van der Waals surface area contributed by atoms with Crippen molar-refractivity contribution in [1.82, 2.24) is 14.5 Å². The second kappa shape index (κ2) is 11.3. The topological polar surface area (TPSA) is 116 Å². The summed E-state index contributed by atoms with van der Waals surface area (Å²) in [5, 5.41) is 3.25. The highest BCUT2D eigenvalue weighted by Crippen LogP contribution is 2.18. The molecule has 0 spiro atoms. The smallest absolute Gasteiger partial charge is 0.242 e. The molecular weight excluding hydrogens is 488 g/mol. The molecule has 0 atom stereocenters. The van der Waals surface area contributed by atoms with Gasteiger partial charge in [0, 0.05) is 52.0 Å². The number of rotatable bonds is 11. The van der Waals surface area contributed by atoms with Gasteiger partial charge in [-0.25, -0.2) is 21.1 Å². The molecule has 1 amide bonds. The average Bonchev–Trinajstić information content (AvgIpc) is 3.37. The summed E-state index contributed by atoms with van der Waals surface area (Å²) in [5.74, 6) is 0.871. The van der Waals surface area contributed by atoms with Crippen LogP contribution in [0.4, 0.5) is 0 Å². The fourth-order valence-corrected chi connectivity index (χ4v) is 5.48. The first kappa shape index (κ1) is 26.8. The van der Waals surface area contributed by atoms with Crippen molar-refractivity contribution in [3.05, 3.63) is 59.7 Å². The maximum atomic E-state index is 12.7. The maximum absolute atomic E-state index is 12.7. The predicted octanol–water partition coefficient (Wildman–Crippen LogP) is 1.54. The Morgan fingerprint density at radius 1 is 0.943 bits per heavy atom. The molecule has 1 heterocycles. The lowest BCUT2D eigenvalue weighted by molar-refractivity contribution is -0.130. The molecule has 0 unspecified atom stereocenters. The minimum absolute atomic E-state index is 0.0117. The number of hydrogen-bond donors (Lipinski definition) is 1. The molecule has 0 saturated carbocycles. The molecule has 35 heavy (non-hydrogen) atoms. The summed E-state index contributed by atoms with van der Waals surface area (Å²) in [7, 11) is -3.98. The van der Waals surface area contributed by atoms with E-state index in [1.54, 1.807) is 11.9 Å². The Labute approximate surface area is 207 Å². The molecule has 0 bridgehead atoms. The summed E-state index contributed by atoms with van der Waals surface area (Å²) >= 11 is 0. The van der Waals surface area contributed by atoms with Crippen LogP contribution in [-0.2, 0) is 31.1 Å². The van der Waals surface area contributed by atoms with Crippen molar-refractivity contribution in [2.45, 2.75) is 29.1 Å². The second-order valence-electron chi connectivity index (χ2n) is 8.59. The van der Waals surface area contributed by atoms with E-state index in [2.05, 4.69) is 10.3 Å². The fourth-order valence-electron chi connectivity index (χ4n) is 3.64. The monoisotopic (exact) mass is 520 g/mol. The molecule has 0 saturated heterocycles. The van der Waals surface area contributed by atoms with Crippen LogP contribution >= 0.6 is 0 Å². The van der Waals surface area contributed by atoms with Crippen LogP contribution in [0.2, 0.25) is 0 Å². The van der Waals surface area contributed by atoms with E-state index in [1.165, 1.54) is 35.6 Å². The summed E-state index contributed by atoms with van der Waals surface area (Å²) in [5.41, 5.74) is 2.18. The number of carbonyl (C=O) groups excluding carboxylic acids is 1. The zero-order valence-corrected chi connectivity index (χ0v) is 21.9. The summed E-state index contributed by atoms with van der Waals surface area (Å²) in [6.07, 6.45) is 2.40. The highest BCUT2D eigenvalue weighted by Gasteiger charge is 2.21. The predicted molar refractivity (Wildman–Crippen MR) is 136 cm³/mol. The van der Waals surface area contributed by atoms with E-state index >= 15 is 0 Å². The van der Waals surface area contributed by atoms with Gasteiger partial charge in [0.05, 0.1) is 16.3 Å². The van der Waals surface area contributed by atoms with Crippen LogP contribution in [0.5, 0.6) is 0 Å². The number of hydrogen-bond acceptors (Lipinski definition) is 7. The lowest BCUT2D eigenvalue weighted by Crippen LogP contribution is -2.31. The molecular formula is C24H32N4O5S2. The summed E-state index contributed by atoms with van der Waals surface area (Å²) in [6.45, 7) is 2.40. The summed E-state index contributed by atoms with van der Waals surface area (Å²) in [6, 6.07) is 13.3. The number of sulfonamides is 1. The van der Waals surface area contributed by atoms with E-state index in [1.807, 2.05) is 24.3 Å². The van der Waals surface area contributed by atoms with E-state index in [0.717, 1.165) is 42.7 Å². The molecule has 11 heteroatoms. The molecule has 190 valence electrons. The number of likely N-dealkylation sites (N-methyl/N-ethyl adjacent to an activating group) is 1. The largest absolute Gasteiger partial charge is 0.368 e. The first-order valence-electron chi connectivity index (χ1n) is 11.4. The maximum Gasteiger partial charge on any atom is 0.242 e. The fraction of sp³-hybridized carbons (Fsp3) is 0.417. The first-order valence-corrected chi connectivity index (χ1v) is 14.7. The molecule has 3 rings (SSSR count). The van der Waals surface area contributed by atoms with Gasteiger partial charge in [0.2, 0.25) is 15.9 Å². The van der Waals surface area contributed by atoms with E-state index in [9.17, 15) is 21.6 Å². The highest BCUT2D eigenvalue weighted by atomic mass is 32.2. The normalized spacial score (nSPS) is 14.0. The van der Waals surface area contributed by atoms with Crippen molar-refractivity contribution in [3.8, 4) is 0 Å². The van der Waals surface area contributed by atoms with Crippen LogP contribution in [0.25, 0.3) is 0 Å². The van der Waals surface area contributed by atoms with Gasteiger partial charge in [0.15, 0.2) is 9.84 Å².